The van der Waals surface area contributed by atoms with E-state index in [1.807, 2.05) is 0 Å². The summed E-state index contributed by atoms with van der Waals surface area (Å²) >= 11 is 0. The van der Waals surface area contributed by atoms with Gasteiger partial charge in [0.1, 0.15) is 13.2 Å². The monoisotopic (exact) mass is 363 g/mol. The van der Waals surface area contributed by atoms with Crippen LogP contribution in [0.5, 0.6) is 11.5 Å². The quantitative estimate of drug-likeness (QED) is 0.793. The number of nitrogens with zero attached hydrogens (tertiary/aromatic N) is 1. The second kappa shape index (κ2) is 6.87. The van der Waals surface area contributed by atoms with Crippen molar-refractivity contribution >= 4 is 0 Å². The first-order valence-corrected chi connectivity index (χ1v) is 10.4. The fraction of sp³-hybridized carbons (Fsp3) is 0.500. The molecule has 1 aliphatic carbocycles. The van der Waals surface area contributed by atoms with Gasteiger partial charge in [-0.1, -0.05) is 37.1 Å². The zero-order valence-corrected chi connectivity index (χ0v) is 16.3. The van der Waals surface area contributed by atoms with Crippen molar-refractivity contribution in [1.82, 2.24) is 4.90 Å². The van der Waals surface area contributed by atoms with E-state index in [2.05, 4.69) is 48.2 Å². The Morgan fingerprint density at radius 1 is 1.00 bits per heavy atom. The first-order valence-electron chi connectivity index (χ1n) is 10.4. The van der Waals surface area contributed by atoms with Gasteiger partial charge in [-0.05, 0) is 60.6 Å². The summed E-state index contributed by atoms with van der Waals surface area (Å²) in [6, 6.07) is 13.4. The highest BCUT2D eigenvalue weighted by Crippen LogP contribution is 2.49. The van der Waals surface area contributed by atoms with E-state index in [4.69, 9.17) is 9.47 Å². The summed E-state index contributed by atoms with van der Waals surface area (Å²) in [6.45, 7) is 6.89. The van der Waals surface area contributed by atoms with Crippen molar-refractivity contribution in [2.45, 2.75) is 51.0 Å². The number of rotatable bonds is 3. The van der Waals surface area contributed by atoms with Gasteiger partial charge in [0.15, 0.2) is 11.5 Å². The Morgan fingerprint density at radius 2 is 1.74 bits per heavy atom. The summed E-state index contributed by atoms with van der Waals surface area (Å²) in [4.78, 5) is 2.68. The van der Waals surface area contributed by atoms with Crippen LogP contribution in [0, 0.1) is 6.92 Å². The maximum Gasteiger partial charge on any atom is 0.161 e. The molecule has 0 N–H and O–H groups in total. The molecular formula is C24H29NO2. The maximum absolute atomic E-state index is 5.90. The Morgan fingerprint density at radius 3 is 2.52 bits per heavy atom. The molecule has 1 saturated carbocycles. The van der Waals surface area contributed by atoms with Gasteiger partial charge < -0.3 is 9.47 Å². The van der Waals surface area contributed by atoms with E-state index in [0.29, 0.717) is 18.6 Å². The van der Waals surface area contributed by atoms with Crippen LogP contribution in [-0.2, 0) is 18.4 Å². The molecule has 142 valence electrons. The molecule has 0 unspecified atom stereocenters. The lowest BCUT2D eigenvalue weighted by atomic mass is 9.73. The second-order valence-electron chi connectivity index (χ2n) is 8.53. The van der Waals surface area contributed by atoms with Crippen LogP contribution in [0.4, 0.5) is 0 Å². The second-order valence-corrected chi connectivity index (χ2v) is 8.53. The molecule has 1 fully saturated rings. The zero-order chi connectivity index (χ0) is 18.3. The third kappa shape index (κ3) is 3.12. The minimum absolute atomic E-state index is 0.315. The number of fused-ring (bicyclic) bond motifs is 3. The van der Waals surface area contributed by atoms with E-state index in [1.165, 1.54) is 54.5 Å². The molecule has 0 atom stereocenters. The highest BCUT2D eigenvalue weighted by Gasteiger charge is 2.42. The van der Waals surface area contributed by atoms with Crippen molar-refractivity contribution in [1.29, 1.82) is 0 Å². The van der Waals surface area contributed by atoms with Crippen LogP contribution >= 0.6 is 0 Å². The third-order valence-electron chi connectivity index (χ3n) is 6.78. The van der Waals surface area contributed by atoms with Gasteiger partial charge in [0.05, 0.1) is 0 Å². The fourth-order valence-electron chi connectivity index (χ4n) is 5.37. The summed E-state index contributed by atoms with van der Waals surface area (Å²) in [5.41, 5.74) is 6.19. The predicted octanol–water partition coefficient (Wildman–Crippen LogP) is 4.64. The largest absolute Gasteiger partial charge is 0.486 e. The Bertz CT molecular complexity index is 838. The van der Waals surface area contributed by atoms with Crippen LogP contribution in [0.15, 0.2) is 36.4 Å². The molecule has 27 heavy (non-hydrogen) atoms. The zero-order valence-electron chi connectivity index (χ0n) is 16.3. The van der Waals surface area contributed by atoms with Crippen LogP contribution in [0.1, 0.15) is 47.9 Å². The Labute approximate surface area is 162 Å². The van der Waals surface area contributed by atoms with Crippen LogP contribution < -0.4 is 9.47 Å². The highest BCUT2D eigenvalue weighted by molar-refractivity contribution is 5.52. The maximum atomic E-state index is 5.90. The van der Waals surface area contributed by atoms with E-state index in [-0.39, 0.29) is 0 Å². The van der Waals surface area contributed by atoms with Crippen molar-refractivity contribution in [2.75, 3.05) is 26.3 Å². The van der Waals surface area contributed by atoms with Crippen molar-refractivity contribution in [3.05, 3.63) is 58.7 Å². The molecular weight excluding hydrogens is 334 g/mol. The van der Waals surface area contributed by atoms with Crippen molar-refractivity contribution in [3.8, 4) is 11.5 Å². The van der Waals surface area contributed by atoms with Gasteiger partial charge in [-0.15, -0.1) is 0 Å². The van der Waals surface area contributed by atoms with Gasteiger partial charge in [0.25, 0.3) is 0 Å². The molecule has 0 aromatic heterocycles. The molecule has 5 rings (SSSR count). The first kappa shape index (κ1) is 17.1. The molecule has 2 aromatic carbocycles. The van der Waals surface area contributed by atoms with Gasteiger partial charge in [0.2, 0.25) is 0 Å². The topological polar surface area (TPSA) is 21.7 Å². The average Bonchev–Trinajstić information content (AvgIpc) is 3.15. The number of aryl methyl sites for hydroxylation is 1. The molecule has 0 amide bonds. The first-order chi connectivity index (χ1) is 13.2. The van der Waals surface area contributed by atoms with Gasteiger partial charge in [-0.25, -0.2) is 0 Å². The lowest BCUT2D eigenvalue weighted by Crippen LogP contribution is -2.45. The highest BCUT2D eigenvalue weighted by atomic mass is 16.6. The summed E-state index contributed by atoms with van der Waals surface area (Å²) in [5.74, 6) is 1.90. The fourth-order valence-corrected chi connectivity index (χ4v) is 5.37. The summed E-state index contributed by atoms with van der Waals surface area (Å²) in [7, 11) is 0. The minimum Gasteiger partial charge on any atom is -0.486 e. The van der Waals surface area contributed by atoms with Crippen LogP contribution in [0.2, 0.25) is 0 Å². The van der Waals surface area contributed by atoms with Gasteiger partial charge in [0, 0.05) is 25.0 Å². The van der Waals surface area contributed by atoms with E-state index in [1.54, 1.807) is 0 Å². The molecule has 2 heterocycles. The molecule has 3 heteroatoms. The molecule has 2 aromatic rings. The Kier molecular flexibility index (Phi) is 4.35. The van der Waals surface area contributed by atoms with Gasteiger partial charge in [-0.3, -0.25) is 4.90 Å². The van der Waals surface area contributed by atoms with Gasteiger partial charge in [-0.2, -0.15) is 0 Å². The van der Waals surface area contributed by atoms with Crippen LogP contribution in [0.25, 0.3) is 0 Å². The standard InChI is InChI=1S/C24H29NO2/c1-18-6-2-3-7-19(18)8-11-25-16-20-14-22-23(27-13-12-26-22)15-21(20)24(17-25)9-4-5-10-24/h2-3,6-7,14-15H,4-5,8-13,16-17H2,1H3. The Balaban J connectivity index is 1.43. The molecule has 0 bridgehead atoms. The molecule has 0 radical (unpaired) electrons. The Hall–Kier alpha value is -2.00. The number of hydrogen-bond donors (Lipinski definition) is 0. The van der Waals surface area contributed by atoms with E-state index in [0.717, 1.165) is 31.0 Å². The number of benzene rings is 2. The van der Waals surface area contributed by atoms with Crippen LogP contribution in [-0.4, -0.2) is 31.2 Å². The van der Waals surface area contributed by atoms with Crippen molar-refractivity contribution < 1.29 is 9.47 Å². The normalized spacial score (nSPS) is 20.6. The van der Waals surface area contributed by atoms with Crippen molar-refractivity contribution in [2.24, 2.45) is 0 Å². The molecule has 1 spiro atoms. The average molecular weight is 364 g/mol. The van der Waals surface area contributed by atoms with E-state index in [9.17, 15) is 0 Å². The molecule has 3 aliphatic rings. The summed E-state index contributed by atoms with van der Waals surface area (Å²) in [6.07, 6.45) is 6.43. The summed E-state index contributed by atoms with van der Waals surface area (Å²) in [5, 5.41) is 0. The molecule has 3 nitrogen and oxygen atoms in total. The van der Waals surface area contributed by atoms with E-state index >= 15 is 0 Å². The number of hydrogen-bond acceptors (Lipinski definition) is 3. The number of ether oxygens (including phenoxy) is 2. The lowest BCUT2D eigenvalue weighted by Gasteiger charge is -2.43. The van der Waals surface area contributed by atoms with Crippen LogP contribution in [0.3, 0.4) is 0 Å². The van der Waals surface area contributed by atoms with E-state index < -0.39 is 0 Å². The molecule has 2 aliphatic heterocycles. The minimum atomic E-state index is 0.315. The summed E-state index contributed by atoms with van der Waals surface area (Å²) < 4.78 is 11.8. The van der Waals surface area contributed by atoms with Gasteiger partial charge >= 0.3 is 0 Å². The lowest BCUT2D eigenvalue weighted by molar-refractivity contribution is 0.161. The third-order valence-corrected chi connectivity index (χ3v) is 6.78. The molecule has 0 saturated heterocycles. The predicted molar refractivity (Wildman–Crippen MR) is 108 cm³/mol. The van der Waals surface area contributed by atoms with Crippen molar-refractivity contribution in [3.63, 3.8) is 0 Å². The SMILES string of the molecule is Cc1ccccc1CCN1Cc2cc3c(cc2C2(CCCC2)C1)OCCO3. The smallest absolute Gasteiger partial charge is 0.161 e.